The van der Waals surface area contributed by atoms with Gasteiger partial charge in [0.2, 0.25) is 0 Å². The Morgan fingerprint density at radius 1 is 1.03 bits per heavy atom. The first-order valence-corrected chi connectivity index (χ1v) is 11.1. The predicted octanol–water partition coefficient (Wildman–Crippen LogP) is 4.55. The van der Waals surface area contributed by atoms with E-state index in [0.29, 0.717) is 25.3 Å². The van der Waals surface area contributed by atoms with Crippen LogP contribution in [0.25, 0.3) is 0 Å². The van der Waals surface area contributed by atoms with Crippen LogP contribution >= 0.6 is 0 Å². The van der Waals surface area contributed by atoms with Crippen LogP contribution in [0.15, 0.2) is 34.9 Å². The molecule has 0 aliphatic carbocycles. The van der Waals surface area contributed by atoms with E-state index in [9.17, 15) is 4.79 Å². The van der Waals surface area contributed by atoms with E-state index in [0.717, 1.165) is 42.3 Å². The molecule has 1 unspecified atom stereocenters. The van der Waals surface area contributed by atoms with E-state index in [-0.39, 0.29) is 17.9 Å². The second kappa shape index (κ2) is 9.56. The smallest absolute Gasteiger partial charge is 0.255 e. The zero-order valence-electron chi connectivity index (χ0n) is 18.0. The molecule has 2 aliphatic heterocycles. The Morgan fingerprint density at radius 3 is 2.57 bits per heavy atom. The summed E-state index contributed by atoms with van der Waals surface area (Å²) in [5, 5.41) is 3.22. The van der Waals surface area contributed by atoms with Gasteiger partial charge in [-0.15, -0.1) is 0 Å². The second-order valence-corrected chi connectivity index (χ2v) is 8.55. The number of amides is 1. The number of piperidine rings is 1. The highest BCUT2D eigenvalue weighted by molar-refractivity contribution is 5.95. The Morgan fingerprint density at radius 2 is 1.80 bits per heavy atom. The van der Waals surface area contributed by atoms with Crippen molar-refractivity contribution < 1.29 is 18.7 Å². The minimum atomic E-state index is -0.132. The van der Waals surface area contributed by atoms with Crippen molar-refractivity contribution in [2.75, 3.05) is 26.3 Å². The summed E-state index contributed by atoms with van der Waals surface area (Å²) in [6, 6.07) is 7.60. The quantitative estimate of drug-likeness (QED) is 0.754. The van der Waals surface area contributed by atoms with Gasteiger partial charge in [0.25, 0.3) is 5.91 Å². The van der Waals surface area contributed by atoms with Gasteiger partial charge in [-0.3, -0.25) is 9.69 Å². The molecule has 2 aromatic rings. The summed E-state index contributed by atoms with van der Waals surface area (Å²) in [5.41, 5.74) is 1.64. The monoisotopic (exact) mass is 412 g/mol. The van der Waals surface area contributed by atoms with E-state index in [2.05, 4.69) is 24.1 Å². The standard InChI is InChI=1S/C24H32N2O4/c1-17(2)23(18-7-8-20-21(15-18)29-13-6-12-28-20)25-24(27)19-9-14-30-22(19)16-26-10-4-3-5-11-26/h7-9,14-15,17,23H,3-6,10-13,16H2,1-2H3,(H,25,27). The van der Waals surface area contributed by atoms with E-state index in [1.165, 1.54) is 19.3 Å². The molecule has 1 N–H and O–H groups in total. The Hall–Kier alpha value is -2.47. The van der Waals surface area contributed by atoms with E-state index < -0.39 is 0 Å². The van der Waals surface area contributed by atoms with Crippen LogP contribution in [0.5, 0.6) is 11.5 Å². The van der Waals surface area contributed by atoms with Crippen LogP contribution < -0.4 is 14.8 Å². The van der Waals surface area contributed by atoms with Gasteiger partial charge in [-0.2, -0.15) is 0 Å². The van der Waals surface area contributed by atoms with Gasteiger partial charge < -0.3 is 19.2 Å². The Bertz CT molecular complexity index is 855. The molecule has 1 amide bonds. The van der Waals surface area contributed by atoms with Crippen LogP contribution in [0.3, 0.4) is 0 Å². The lowest BCUT2D eigenvalue weighted by Crippen LogP contribution is -2.33. The maximum absolute atomic E-state index is 13.2. The lowest BCUT2D eigenvalue weighted by atomic mass is 9.95. The van der Waals surface area contributed by atoms with Gasteiger partial charge in [-0.25, -0.2) is 0 Å². The Kier molecular flexibility index (Phi) is 6.62. The normalized spacial score (nSPS) is 18.1. The van der Waals surface area contributed by atoms with Crippen molar-refractivity contribution in [1.82, 2.24) is 10.2 Å². The molecule has 3 heterocycles. The number of furan rings is 1. The van der Waals surface area contributed by atoms with Crippen LogP contribution in [-0.2, 0) is 6.54 Å². The highest BCUT2D eigenvalue weighted by Gasteiger charge is 2.24. The van der Waals surface area contributed by atoms with E-state index in [1.807, 2.05) is 18.2 Å². The van der Waals surface area contributed by atoms with Crippen LogP contribution in [0, 0.1) is 5.92 Å². The molecule has 0 spiro atoms. The average molecular weight is 413 g/mol. The van der Waals surface area contributed by atoms with Crippen LogP contribution in [0.2, 0.25) is 0 Å². The molecule has 30 heavy (non-hydrogen) atoms. The van der Waals surface area contributed by atoms with E-state index in [1.54, 1.807) is 12.3 Å². The number of hydrogen-bond donors (Lipinski definition) is 1. The van der Waals surface area contributed by atoms with Crippen molar-refractivity contribution in [3.8, 4) is 11.5 Å². The topological polar surface area (TPSA) is 63.9 Å². The van der Waals surface area contributed by atoms with Gasteiger partial charge in [0.1, 0.15) is 5.76 Å². The molecule has 6 nitrogen and oxygen atoms in total. The van der Waals surface area contributed by atoms with Crippen molar-refractivity contribution in [2.24, 2.45) is 5.92 Å². The molecular weight excluding hydrogens is 380 g/mol. The lowest BCUT2D eigenvalue weighted by molar-refractivity contribution is 0.0921. The fraction of sp³-hybridized carbons (Fsp3) is 0.542. The number of rotatable bonds is 6. The van der Waals surface area contributed by atoms with Gasteiger partial charge in [0.15, 0.2) is 11.5 Å². The number of nitrogens with one attached hydrogen (secondary N) is 1. The molecule has 1 saturated heterocycles. The van der Waals surface area contributed by atoms with Crippen LogP contribution in [-0.4, -0.2) is 37.1 Å². The van der Waals surface area contributed by atoms with Gasteiger partial charge in [-0.1, -0.05) is 26.3 Å². The molecule has 1 fully saturated rings. The number of fused-ring (bicyclic) bond motifs is 1. The second-order valence-electron chi connectivity index (χ2n) is 8.55. The summed E-state index contributed by atoms with van der Waals surface area (Å²) >= 11 is 0. The number of hydrogen-bond acceptors (Lipinski definition) is 5. The van der Waals surface area contributed by atoms with Crippen molar-refractivity contribution in [1.29, 1.82) is 0 Å². The fourth-order valence-corrected chi connectivity index (χ4v) is 4.21. The third-order valence-corrected chi connectivity index (χ3v) is 5.89. The lowest BCUT2D eigenvalue weighted by Gasteiger charge is -2.26. The van der Waals surface area contributed by atoms with E-state index in [4.69, 9.17) is 13.9 Å². The van der Waals surface area contributed by atoms with Crippen molar-refractivity contribution in [2.45, 2.75) is 52.1 Å². The molecule has 1 aromatic carbocycles. The van der Waals surface area contributed by atoms with Crippen molar-refractivity contribution >= 4 is 5.91 Å². The summed E-state index contributed by atoms with van der Waals surface area (Å²) in [6.07, 6.45) is 6.19. The molecule has 2 aliphatic rings. The number of carbonyl (C=O) groups is 1. The minimum Gasteiger partial charge on any atom is -0.490 e. The summed E-state index contributed by atoms with van der Waals surface area (Å²) in [4.78, 5) is 15.5. The largest absolute Gasteiger partial charge is 0.490 e. The van der Waals surface area contributed by atoms with Gasteiger partial charge in [-0.05, 0) is 55.6 Å². The first-order chi connectivity index (χ1) is 14.6. The van der Waals surface area contributed by atoms with Crippen LogP contribution in [0.1, 0.15) is 67.3 Å². The zero-order chi connectivity index (χ0) is 20.9. The maximum Gasteiger partial charge on any atom is 0.255 e. The molecule has 1 aromatic heterocycles. The molecular formula is C24H32N2O4. The molecule has 1 atom stereocenters. The number of carbonyl (C=O) groups excluding carboxylic acids is 1. The third-order valence-electron chi connectivity index (χ3n) is 5.89. The summed E-state index contributed by atoms with van der Waals surface area (Å²) < 4.78 is 17.3. The Balaban J connectivity index is 1.49. The van der Waals surface area contributed by atoms with Crippen molar-refractivity contribution in [3.05, 3.63) is 47.4 Å². The molecule has 0 radical (unpaired) electrons. The number of benzene rings is 1. The molecule has 6 heteroatoms. The van der Waals surface area contributed by atoms with Gasteiger partial charge in [0, 0.05) is 6.42 Å². The first kappa shape index (κ1) is 20.8. The summed E-state index contributed by atoms with van der Waals surface area (Å²) in [6.45, 7) is 8.34. The fourth-order valence-electron chi connectivity index (χ4n) is 4.21. The highest BCUT2D eigenvalue weighted by atomic mass is 16.5. The first-order valence-electron chi connectivity index (χ1n) is 11.1. The predicted molar refractivity (Wildman–Crippen MR) is 115 cm³/mol. The minimum absolute atomic E-state index is 0.0958. The van der Waals surface area contributed by atoms with Crippen LogP contribution in [0.4, 0.5) is 0 Å². The summed E-state index contributed by atoms with van der Waals surface area (Å²) in [7, 11) is 0. The van der Waals surface area contributed by atoms with Crippen molar-refractivity contribution in [3.63, 3.8) is 0 Å². The Labute approximate surface area is 178 Å². The third kappa shape index (κ3) is 4.81. The molecule has 0 saturated carbocycles. The molecule has 0 bridgehead atoms. The number of likely N-dealkylation sites (tertiary alicyclic amines) is 1. The molecule has 4 rings (SSSR count). The average Bonchev–Trinajstić information content (AvgIpc) is 3.08. The molecule has 162 valence electrons. The van der Waals surface area contributed by atoms with E-state index >= 15 is 0 Å². The highest BCUT2D eigenvalue weighted by Crippen LogP contribution is 2.34. The van der Waals surface area contributed by atoms with Gasteiger partial charge in [0.05, 0.1) is 37.6 Å². The summed E-state index contributed by atoms with van der Waals surface area (Å²) in [5.74, 6) is 2.39. The maximum atomic E-state index is 13.2. The van der Waals surface area contributed by atoms with Gasteiger partial charge >= 0.3 is 0 Å². The number of nitrogens with zero attached hydrogens (tertiary/aromatic N) is 1. The number of ether oxygens (including phenoxy) is 2. The zero-order valence-corrected chi connectivity index (χ0v) is 18.0. The SMILES string of the molecule is CC(C)C(NC(=O)c1ccoc1CN1CCCCC1)c1ccc2c(c1)OCCCO2.